The van der Waals surface area contributed by atoms with Crippen molar-refractivity contribution in [2.24, 2.45) is 11.3 Å². The molecule has 1 saturated heterocycles. The quantitative estimate of drug-likeness (QED) is 0.617. The molecule has 0 bridgehead atoms. The van der Waals surface area contributed by atoms with E-state index in [9.17, 15) is 0 Å². The summed E-state index contributed by atoms with van der Waals surface area (Å²) in [5.41, 5.74) is 0.778. The van der Waals surface area contributed by atoms with Gasteiger partial charge in [-0.1, -0.05) is 20.8 Å². The van der Waals surface area contributed by atoms with Gasteiger partial charge in [0.05, 0.1) is 0 Å². The highest BCUT2D eigenvalue weighted by Crippen LogP contribution is 2.45. The molecule has 1 aliphatic carbocycles. The summed E-state index contributed by atoms with van der Waals surface area (Å²) in [5, 5.41) is 3.39. The van der Waals surface area contributed by atoms with Crippen LogP contribution in [-0.4, -0.2) is 13.1 Å². The predicted octanol–water partition coefficient (Wildman–Crippen LogP) is 2.67. The fourth-order valence-corrected chi connectivity index (χ4v) is 2.47. The molecule has 1 saturated carbocycles. The average molecular weight is 157 g/mol. The standard InChI is InChI=1S/C9H17N.CH4.H2/c1-2-8-3-4-9(5-8)6-10-7-9;;/h8,10H,2-7H2,1H3;1H4;1H. The van der Waals surface area contributed by atoms with Crippen LogP contribution < -0.4 is 5.32 Å². The van der Waals surface area contributed by atoms with E-state index in [4.69, 9.17) is 0 Å². The largest absolute Gasteiger partial charge is 0.316 e. The monoisotopic (exact) mass is 157 g/mol. The number of hydrogen-bond acceptors (Lipinski definition) is 1. The van der Waals surface area contributed by atoms with Crippen molar-refractivity contribution in [1.29, 1.82) is 0 Å². The van der Waals surface area contributed by atoms with E-state index in [0.717, 1.165) is 11.3 Å². The molecule has 1 nitrogen and oxygen atoms in total. The molecule has 0 aromatic rings. The topological polar surface area (TPSA) is 12.0 Å². The van der Waals surface area contributed by atoms with Crippen molar-refractivity contribution in [3.05, 3.63) is 0 Å². The highest BCUT2D eigenvalue weighted by atomic mass is 15.0. The minimum Gasteiger partial charge on any atom is -0.316 e. The van der Waals surface area contributed by atoms with Gasteiger partial charge < -0.3 is 5.32 Å². The SMILES string of the molecule is C.CCC1CCC2(CNC2)C1.[HH]. The van der Waals surface area contributed by atoms with Crippen LogP contribution in [0.3, 0.4) is 0 Å². The van der Waals surface area contributed by atoms with Gasteiger partial charge in [-0.2, -0.15) is 0 Å². The van der Waals surface area contributed by atoms with E-state index in [1.165, 1.54) is 38.8 Å². The Balaban J connectivity index is 0.000000605. The Morgan fingerprint density at radius 2 is 2.27 bits per heavy atom. The molecule has 0 aromatic heterocycles. The summed E-state index contributed by atoms with van der Waals surface area (Å²) in [6.07, 6.45) is 5.91. The maximum atomic E-state index is 3.39. The van der Waals surface area contributed by atoms with Crippen LogP contribution in [-0.2, 0) is 0 Å². The van der Waals surface area contributed by atoms with Gasteiger partial charge in [-0.3, -0.25) is 0 Å². The normalized spacial score (nSPS) is 33.0. The van der Waals surface area contributed by atoms with Crippen molar-refractivity contribution >= 4 is 0 Å². The number of nitrogens with one attached hydrogen (secondary N) is 1. The lowest BCUT2D eigenvalue weighted by atomic mass is 9.79. The second-order valence-corrected chi connectivity index (χ2v) is 4.12. The third-order valence-corrected chi connectivity index (χ3v) is 3.38. The first-order chi connectivity index (χ1) is 4.85. The lowest BCUT2D eigenvalue weighted by molar-refractivity contribution is 0.169. The molecule has 1 aliphatic heterocycles. The van der Waals surface area contributed by atoms with E-state index >= 15 is 0 Å². The van der Waals surface area contributed by atoms with Crippen LogP contribution in [0.4, 0.5) is 0 Å². The van der Waals surface area contributed by atoms with Crippen molar-refractivity contribution < 1.29 is 1.43 Å². The molecule has 0 amide bonds. The zero-order valence-corrected chi connectivity index (χ0v) is 6.82. The van der Waals surface area contributed by atoms with E-state index in [0.29, 0.717) is 0 Å². The van der Waals surface area contributed by atoms with Gasteiger partial charge in [0.2, 0.25) is 0 Å². The smallest absolute Gasteiger partial charge is 0.00203 e. The molecule has 68 valence electrons. The van der Waals surface area contributed by atoms with Crippen LogP contribution in [0.15, 0.2) is 0 Å². The van der Waals surface area contributed by atoms with Gasteiger partial charge in [0.25, 0.3) is 0 Å². The van der Waals surface area contributed by atoms with Gasteiger partial charge in [0.15, 0.2) is 0 Å². The third kappa shape index (κ3) is 1.44. The Hall–Kier alpha value is -0.0400. The van der Waals surface area contributed by atoms with Crippen LogP contribution in [0.2, 0.25) is 0 Å². The molecule has 0 radical (unpaired) electrons. The molecule has 1 N–H and O–H groups in total. The van der Waals surface area contributed by atoms with Gasteiger partial charge in [0, 0.05) is 14.5 Å². The Bertz CT molecular complexity index is 132. The van der Waals surface area contributed by atoms with E-state index < -0.39 is 0 Å². The first kappa shape index (κ1) is 9.05. The predicted molar refractivity (Wildman–Crippen MR) is 51.8 cm³/mol. The Labute approximate surface area is 72.1 Å². The number of hydrogen-bond donors (Lipinski definition) is 1. The van der Waals surface area contributed by atoms with E-state index in [2.05, 4.69) is 12.2 Å². The Kier molecular flexibility index (Phi) is 2.58. The summed E-state index contributed by atoms with van der Waals surface area (Å²) < 4.78 is 0. The van der Waals surface area contributed by atoms with Crippen molar-refractivity contribution in [2.75, 3.05) is 13.1 Å². The fraction of sp³-hybridized carbons (Fsp3) is 1.00. The van der Waals surface area contributed by atoms with Crippen molar-refractivity contribution in [2.45, 2.75) is 40.0 Å². The van der Waals surface area contributed by atoms with Gasteiger partial charge in [-0.15, -0.1) is 0 Å². The molecule has 11 heavy (non-hydrogen) atoms. The van der Waals surface area contributed by atoms with Crippen LogP contribution in [0.25, 0.3) is 0 Å². The summed E-state index contributed by atoms with van der Waals surface area (Å²) >= 11 is 0. The summed E-state index contributed by atoms with van der Waals surface area (Å²) in [5.74, 6) is 1.06. The summed E-state index contributed by atoms with van der Waals surface area (Å²) in [4.78, 5) is 0. The Morgan fingerprint density at radius 1 is 1.55 bits per heavy atom. The lowest BCUT2D eigenvalue weighted by Crippen LogP contribution is -2.51. The lowest BCUT2D eigenvalue weighted by Gasteiger charge is -2.39. The molecule has 1 atom stereocenters. The molecular formula is C10H23N. The first-order valence-electron chi connectivity index (χ1n) is 4.55. The highest BCUT2D eigenvalue weighted by molar-refractivity contribution is 4.97. The summed E-state index contributed by atoms with van der Waals surface area (Å²) in [6.45, 7) is 4.95. The molecule has 2 aliphatic rings. The van der Waals surface area contributed by atoms with Gasteiger partial charge >= 0.3 is 0 Å². The molecule has 1 spiro atoms. The fourth-order valence-electron chi connectivity index (χ4n) is 2.47. The van der Waals surface area contributed by atoms with Crippen molar-refractivity contribution in [1.82, 2.24) is 5.32 Å². The second-order valence-electron chi connectivity index (χ2n) is 4.12. The summed E-state index contributed by atoms with van der Waals surface area (Å²) in [6, 6.07) is 0. The second kappa shape index (κ2) is 3.14. The maximum absolute atomic E-state index is 3.39. The highest BCUT2D eigenvalue weighted by Gasteiger charge is 2.42. The maximum Gasteiger partial charge on any atom is 0.00203 e. The van der Waals surface area contributed by atoms with E-state index in [-0.39, 0.29) is 8.85 Å². The van der Waals surface area contributed by atoms with Gasteiger partial charge in [-0.25, -0.2) is 0 Å². The molecule has 1 heterocycles. The molecule has 1 unspecified atom stereocenters. The average Bonchev–Trinajstić information content (AvgIpc) is 2.29. The number of rotatable bonds is 1. The van der Waals surface area contributed by atoms with Gasteiger partial charge in [-0.05, 0) is 30.6 Å². The molecule has 1 heteroatoms. The minimum atomic E-state index is 0. The molecule has 2 rings (SSSR count). The van der Waals surface area contributed by atoms with Crippen LogP contribution in [0.1, 0.15) is 41.5 Å². The zero-order chi connectivity index (χ0) is 7.03. The van der Waals surface area contributed by atoms with Crippen molar-refractivity contribution in [3.63, 3.8) is 0 Å². The van der Waals surface area contributed by atoms with E-state index in [1.54, 1.807) is 0 Å². The zero-order valence-electron chi connectivity index (χ0n) is 6.82. The minimum absolute atomic E-state index is 0. The molecular weight excluding hydrogens is 134 g/mol. The van der Waals surface area contributed by atoms with Crippen LogP contribution >= 0.6 is 0 Å². The van der Waals surface area contributed by atoms with Gasteiger partial charge in [0.1, 0.15) is 0 Å². The first-order valence-corrected chi connectivity index (χ1v) is 4.55. The molecule has 2 fully saturated rings. The Morgan fingerprint density at radius 3 is 2.55 bits per heavy atom. The van der Waals surface area contributed by atoms with Crippen LogP contribution in [0, 0.1) is 11.3 Å². The summed E-state index contributed by atoms with van der Waals surface area (Å²) in [7, 11) is 0. The van der Waals surface area contributed by atoms with Crippen LogP contribution in [0.5, 0.6) is 0 Å². The third-order valence-electron chi connectivity index (χ3n) is 3.38. The van der Waals surface area contributed by atoms with E-state index in [1.807, 2.05) is 0 Å². The van der Waals surface area contributed by atoms with Crippen molar-refractivity contribution in [3.8, 4) is 0 Å². The molecule has 0 aromatic carbocycles.